The Bertz CT molecular complexity index is 1100. The molecule has 0 fully saturated rings. The number of ketones is 1. The Morgan fingerprint density at radius 2 is 1.86 bits per heavy atom. The molecule has 1 heterocycles. The Labute approximate surface area is 159 Å². The topological polar surface area (TPSA) is 69.9 Å². The van der Waals surface area contributed by atoms with Gasteiger partial charge in [0.25, 0.3) is 0 Å². The first-order chi connectivity index (χ1) is 13.2. The maximum absolute atomic E-state index is 12.9. The second kappa shape index (κ2) is 7.27. The van der Waals surface area contributed by atoms with Crippen LogP contribution in [0, 0.1) is 11.3 Å². The van der Waals surface area contributed by atoms with Crippen molar-refractivity contribution >= 4 is 22.4 Å². The average molecular weight is 384 g/mol. The standard InChI is InChI=1S/C20H15F3N4O/c1-27(2)19-15-7-6-13(10-16(15)17(11-24)25-26-19)18(28)9-12-4-3-5-14(8-12)20(21,22)23/h3-8,10H,9H2,1-2H3. The van der Waals surface area contributed by atoms with E-state index in [1.54, 1.807) is 31.1 Å². The molecule has 0 atom stereocenters. The fourth-order valence-electron chi connectivity index (χ4n) is 2.87. The van der Waals surface area contributed by atoms with Crippen LogP contribution in [0.1, 0.15) is 27.2 Å². The summed E-state index contributed by atoms with van der Waals surface area (Å²) in [5.41, 5.74) is -0.162. The monoisotopic (exact) mass is 384 g/mol. The molecule has 0 aliphatic carbocycles. The summed E-state index contributed by atoms with van der Waals surface area (Å²) in [6.45, 7) is 0. The van der Waals surface area contributed by atoms with Crippen LogP contribution in [0.25, 0.3) is 10.8 Å². The molecule has 0 aliphatic rings. The largest absolute Gasteiger partial charge is 0.416 e. The summed E-state index contributed by atoms with van der Waals surface area (Å²) < 4.78 is 38.6. The summed E-state index contributed by atoms with van der Waals surface area (Å²) in [4.78, 5) is 14.4. The predicted octanol–water partition coefficient (Wildman–Crippen LogP) is 4.01. The first kappa shape index (κ1) is 19.3. The molecular weight excluding hydrogens is 369 g/mol. The highest BCUT2D eigenvalue weighted by molar-refractivity contribution is 6.03. The van der Waals surface area contributed by atoms with Gasteiger partial charge < -0.3 is 4.90 Å². The van der Waals surface area contributed by atoms with E-state index in [1.165, 1.54) is 18.2 Å². The molecule has 0 saturated heterocycles. The highest BCUT2D eigenvalue weighted by atomic mass is 19.4. The maximum Gasteiger partial charge on any atom is 0.416 e. The Hall–Kier alpha value is -3.47. The lowest BCUT2D eigenvalue weighted by Gasteiger charge is -2.14. The molecule has 0 aliphatic heterocycles. The Kier molecular flexibility index (Phi) is 5.01. The molecule has 0 spiro atoms. The van der Waals surface area contributed by atoms with E-state index >= 15 is 0 Å². The van der Waals surface area contributed by atoms with Crippen molar-refractivity contribution in [2.45, 2.75) is 12.6 Å². The number of rotatable bonds is 4. The fourth-order valence-corrected chi connectivity index (χ4v) is 2.87. The molecule has 3 aromatic rings. The number of hydrogen-bond acceptors (Lipinski definition) is 5. The zero-order valence-corrected chi connectivity index (χ0v) is 15.1. The van der Waals surface area contributed by atoms with Crippen LogP contribution in [0.15, 0.2) is 42.5 Å². The van der Waals surface area contributed by atoms with Gasteiger partial charge in [0, 0.05) is 36.9 Å². The number of carbonyl (C=O) groups excluding carboxylic acids is 1. The zero-order chi connectivity index (χ0) is 20.5. The molecule has 0 radical (unpaired) electrons. The van der Waals surface area contributed by atoms with Crippen molar-refractivity contribution in [3.05, 3.63) is 64.8 Å². The van der Waals surface area contributed by atoms with E-state index in [1.807, 2.05) is 6.07 Å². The molecule has 0 N–H and O–H groups in total. The van der Waals surface area contributed by atoms with Gasteiger partial charge in [-0.25, -0.2) is 0 Å². The number of anilines is 1. The van der Waals surface area contributed by atoms with E-state index in [-0.39, 0.29) is 23.5 Å². The van der Waals surface area contributed by atoms with Crippen LogP contribution >= 0.6 is 0 Å². The summed E-state index contributed by atoms with van der Waals surface area (Å²) in [5.74, 6) is 0.194. The smallest absolute Gasteiger partial charge is 0.361 e. The highest BCUT2D eigenvalue weighted by Gasteiger charge is 2.30. The fraction of sp³-hybridized carbons (Fsp3) is 0.200. The molecule has 8 heteroatoms. The van der Waals surface area contributed by atoms with Crippen LogP contribution < -0.4 is 4.90 Å². The molecule has 28 heavy (non-hydrogen) atoms. The summed E-state index contributed by atoms with van der Waals surface area (Å²) in [6, 6.07) is 11.4. The number of aromatic nitrogens is 2. The van der Waals surface area contributed by atoms with Crippen LogP contribution in [-0.2, 0) is 12.6 Å². The second-order valence-electron chi connectivity index (χ2n) is 6.44. The molecule has 142 valence electrons. The number of hydrogen-bond donors (Lipinski definition) is 0. The number of fused-ring (bicyclic) bond motifs is 1. The number of nitriles is 1. The van der Waals surface area contributed by atoms with Gasteiger partial charge in [0.1, 0.15) is 6.07 Å². The molecule has 5 nitrogen and oxygen atoms in total. The molecule has 0 unspecified atom stereocenters. The van der Waals surface area contributed by atoms with Gasteiger partial charge in [-0.3, -0.25) is 4.79 Å². The molecule has 2 aromatic carbocycles. The minimum absolute atomic E-state index is 0.0781. The van der Waals surface area contributed by atoms with Crippen molar-refractivity contribution in [3.8, 4) is 6.07 Å². The van der Waals surface area contributed by atoms with Crippen LogP contribution in [0.4, 0.5) is 19.0 Å². The van der Waals surface area contributed by atoms with Gasteiger partial charge in [-0.1, -0.05) is 24.3 Å². The van der Waals surface area contributed by atoms with E-state index in [0.717, 1.165) is 12.1 Å². The summed E-state index contributed by atoms with van der Waals surface area (Å²) in [6.07, 6.45) is -4.65. The van der Waals surface area contributed by atoms with E-state index in [2.05, 4.69) is 10.2 Å². The van der Waals surface area contributed by atoms with Gasteiger partial charge in [-0.15, -0.1) is 10.2 Å². The van der Waals surface area contributed by atoms with Gasteiger partial charge in [-0.2, -0.15) is 18.4 Å². The van der Waals surface area contributed by atoms with Crippen LogP contribution in [-0.4, -0.2) is 30.1 Å². The number of halogens is 3. The molecule has 0 amide bonds. The number of carbonyl (C=O) groups is 1. The lowest BCUT2D eigenvalue weighted by Crippen LogP contribution is -2.13. The zero-order valence-electron chi connectivity index (χ0n) is 15.1. The van der Waals surface area contributed by atoms with E-state index in [9.17, 15) is 23.2 Å². The second-order valence-corrected chi connectivity index (χ2v) is 6.44. The first-order valence-electron chi connectivity index (χ1n) is 8.28. The molecule has 0 saturated carbocycles. The van der Waals surface area contributed by atoms with Crippen LogP contribution in [0.5, 0.6) is 0 Å². The quantitative estimate of drug-likeness (QED) is 0.636. The SMILES string of the molecule is CN(C)c1nnc(C#N)c2cc(C(=O)Cc3cccc(C(F)(F)F)c3)ccc12. The predicted molar refractivity (Wildman–Crippen MR) is 98.1 cm³/mol. The third-order valence-corrected chi connectivity index (χ3v) is 4.23. The lowest BCUT2D eigenvalue weighted by atomic mass is 9.98. The minimum Gasteiger partial charge on any atom is -0.361 e. The van der Waals surface area contributed by atoms with Gasteiger partial charge in [-0.05, 0) is 23.8 Å². The maximum atomic E-state index is 12.9. The van der Waals surface area contributed by atoms with Crippen molar-refractivity contribution in [1.82, 2.24) is 10.2 Å². The van der Waals surface area contributed by atoms with E-state index < -0.39 is 11.7 Å². The number of Topliss-reactive ketones (excluding diaryl/α,β-unsaturated/α-hetero) is 1. The highest BCUT2D eigenvalue weighted by Crippen LogP contribution is 2.30. The third kappa shape index (κ3) is 3.78. The first-order valence-corrected chi connectivity index (χ1v) is 8.28. The lowest BCUT2D eigenvalue weighted by molar-refractivity contribution is -0.137. The van der Waals surface area contributed by atoms with Crippen molar-refractivity contribution in [3.63, 3.8) is 0 Å². The van der Waals surface area contributed by atoms with Crippen molar-refractivity contribution < 1.29 is 18.0 Å². The van der Waals surface area contributed by atoms with Gasteiger partial charge in [0.05, 0.1) is 5.56 Å². The van der Waals surface area contributed by atoms with E-state index in [4.69, 9.17) is 0 Å². The Morgan fingerprint density at radius 3 is 2.50 bits per heavy atom. The molecule has 3 rings (SSSR count). The number of benzene rings is 2. The summed E-state index contributed by atoms with van der Waals surface area (Å²) in [5, 5.41) is 18.3. The Morgan fingerprint density at radius 1 is 1.11 bits per heavy atom. The van der Waals surface area contributed by atoms with Crippen molar-refractivity contribution in [2.75, 3.05) is 19.0 Å². The third-order valence-electron chi connectivity index (χ3n) is 4.23. The van der Waals surface area contributed by atoms with Gasteiger partial charge in [0.2, 0.25) is 0 Å². The number of alkyl halides is 3. The van der Waals surface area contributed by atoms with Crippen LogP contribution in [0.2, 0.25) is 0 Å². The van der Waals surface area contributed by atoms with E-state index in [0.29, 0.717) is 22.2 Å². The normalized spacial score (nSPS) is 11.3. The van der Waals surface area contributed by atoms with Gasteiger partial charge >= 0.3 is 6.18 Å². The molecular formula is C20H15F3N4O. The molecule has 1 aromatic heterocycles. The summed E-state index contributed by atoms with van der Waals surface area (Å²) in [7, 11) is 3.56. The summed E-state index contributed by atoms with van der Waals surface area (Å²) >= 11 is 0. The molecule has 0 bridgehead atoms. The minimum atomic E-state index is -4.47. The average Bonchev–Trinajstić information content (AvgIpc) is 2.66. The van der Waals surface area contributed by atoms with Crippen molar-refractivity contribution in [1.29, 1.82) is 5.26 Å². The Balaban J connectivity index is 1.98. The van der Waals surface area contributed by atoms with Crippen molar-refractivity contribution in [2.24, 2.45) is 0 Å². The van der Waals surface area contributed by atoms with Gasteiger partial charge in [0.15, 0.2) is 17.3 Å². The number of nitrogens with zero attached hydrogens (tertiary/aromatic N) is 4. The van der Waals surface area contributed by atoms with Crippen LogP contribution in [0.3, 0.4) is 0 Å².